The first-order chi connectivity index (χ1) is 23.4. The van der Waals surface area contributed by atoms with Gasteiger partial charge in [-0.1, -0.05) is 66.7 Å². The zero-order valence-electron chi connectivity index (χ0n) is 30.0. The Bertz CT molecular complexity index is 1340. The molecule has 5 amide bonds. The average Bonchev–Trinajstić information content (AvgIpc) is 3.65. The lowest BCUT2D eigenvalue weighted by Crippen LogP contribution is -2.62. The molecule has 1 aromatic heterocycles. The maximum atomic E-state index is 14.7. The fraction of sp³-hybridized carbons (Fsp3) is 0.757. The quantitative estimate of drug-likeness (QED) is 0.248. The van der Waals surface area contributed by atoms with Crippen LogP contribution in [0.15, 0.2) is 18.6 Å². The molecule has 3 saturated carbocycles. The molecule has 12 nitrogen and oxygen atoms in total. The van der Waals surface area contributed by atoms with Gasteiger partial charge in [-0.2, -0.15) is 0 Å². The minimum atomic E-state index is -0.927. The number of hydrogen-bond acceptors (Lipinski definition) is 7. The summed E-state index contributed by atoms with van der Waals surface area (Å²) >= 11 is 0. The maximum absolute atomic E-state index is 14.7. The molecule has 270 valence electrons. The van der Waals surface area contributed by atoms with E-state index >= 15 is 0 Å². The van der Waals surface area contributed by atoms with Gasteiger partial charge in [-0.3, -0.25) is 29.0 Å². The number of amides is 5. The number of carbonyl (C=O) groups excluding carboxylic acids is 5. The lowest BCUT2D eigenvalue weighted by atomic mass is 9.82. The first kappa shape index (κ1) is 36.7. The molecule has 3 aliphatic carbocycles. The molecule has 49 heavy (non-hydrogen) atoms. The minimum absolute atomic E-state index is 0.0272. The van der Waals surface area contributed by atoms with Gasteiger partial charge in [0, 0.05) is 31.0 Å². The lowest BCUT2D eigenvalue weighted by Gasteiger charge is -2.38. The number of nitrogens with zero attached hydrogens (tertiary/aromatic N) is 3. The number of carbonyl (C=O) groups is 5. The topological polar surface area (TPSA) is 162 Å². The molecule has 7 atom stereocenters. The van der Waals surface area contributed by atoms with Gasteiger partial charge in [0.25, 0.3) is 5.91 Å². The highest BCUT2D eigenvalue weighted by atomic mass is 16.2. The summed E-state index contributed by atoms with van der Waals surface area (Å²) in [5, 5.41) is 12.3. The Labute approximate surface area is 291 Å². The third kappa shape index (κ3) is 8.97. The Morgan fingerprint density at radius 3 is 2.27 bits per heavy atom. The van der Waals surface area contributed by atoms with Crippen LogP contribution in [0, 0.1) is 29.1 Å². The molecule has 1 saturated heterocycles. The van der Waals surface area contributed by atoms with Gasteiger partial charge in [0.2, 0.25) is 23.6 Å². The van der Waals surface area contributed by atoms with Gasteiger partial charge in [-0.05, 0) is 68.1 Å². The third-order valence-electron chi connectivity index (χ3n) is 11.2. The molecule has 1 aliphatic heterocycles. The highest BCUT2D eigenvalue weighted by Gasteiger charge is 2.52. The van der Waals surface area contributed by atoms with Crippen LogP contribution in [0.4, 0.5) is 0 Å². The summed E-state index contributed by atoms with van der Waals surface area (Å²) in [4.78, 5) is 79.1. The Balaban J connectivity index is 1.35. The molecule has 12 heteroatoms. The second-order valence-corrected chi connectivity index (χ2v) is 16.0. The third-order valence-corrected chi connectivity index (χ3v) is 11.2. The van der Waals surface area contributed by atoms with Crippen LogP contribution in [0.1, 0.15) is 122 Å². The standard InChI is InChI=1S/C37H57N7O5/c1-6-11-27(22(2)32(45)40-25-16-17-25)41-35(48)30-26-15-10-14-24(26)21-44(30)36(49)31(37(3,4)5)43-34(47)29(23-12-8-7-9-13-23)42-33(46)28-20-38-18-19-39-28/h18-20,22-27,29-31H,6-17,21H2,1-5H3,(H,40,45)(H,41,48)(H,42,46)(H,43,47)/t22?,24?,26?,27?,29-,30-,31?/m0/s1. The monoisotopic (exact) mass is 679 g/mol. The Morgan fingerprint density at radius 1 is 0.898 bits per heavy atom. The Kier molecular flexibility index (Phi) is 12.0. The van der Waals surface area contributed by atoms with Crippen molar-refractivity contribution in [1.82, 2.24) is 36.1 Å². The number of hydrogen-bond donors (Lipinski definition) is 4. The van der Waals surface area contributed by atoms with Gasteiger partial charge in [0.15, 0.2) is 0 Å². The molecule has 0 bridgehead atoms. The van der Waals surface area contributed by atoms with Crippen molar-refractivity contribution in [2.75, 3.05) is 6.54 Å². The number of rotatable bonds is 13. The second kappa shape index (κ2) is 16.0. The van der Waals surface area contributed by atoms with Gasteiger partial charge < -0.3 is 26.2 Å². The van der Waals surface area contributed by atoms with Gasteiger partial charge >= 0.3 is 0 Å². The van der Waals surface area contributed by atoms with Crippen LogP contribution < -0.4 is 21.3 Å². The number of fused-ring (bicyclic) bond motifs is 1. The highest BCUT2D eigenvalue weighted by molar-refractivity contribution is 5.98. The van der Waals surface area contributed by atoms with E-state index in [4.69, 9.17) is 0 Å². The minimum Gasteiger partial charge on any atom is -0.353 e. The van der Waals surface area contributed by atoms with Crippen LogP contribution in [0.5, 0.6) is 0 Å². The number of aromatic nitrogens is 2. The molecular weight excluding hydrogens is 622 g/mol. The summed E-state index contributed by atoms with van der Waals surface area (Å²) in [6, 6.07) is -2.56. The first-order valence-corrected chi connectivity index (χ1v) is 18.7. The molecule has 4 N–H and O–H groups in total. The molecule has 1 aromatic rings. The molecular formula is C37H57N7O5. The molecule has 5 unspecified atom stereocenters. The Morgan fingerprint density at radius 2 is 1.63 bits per heavy atom. The number of nitrogens with one attached hydrogen (secondary N) is 4. The van der Waals surface area contributed by atoms with E-state index in [1.807, 2.05) is 34.6 Å². The summed E-state index contributed by atoms with van der Waals surface area (Å²) in [5.41, 5.74) is -0.560. The van der Waals surface area contributed by atoms with Crippen molar-refractivity contribution >= 4 is 29.5 Å². The van der Waals surface area contributed by atoms with Gasteiger partial charge in [0.1, 0.15) is 23.8 Å². The summed E-state index contributed by atoms with van der Waals surface area (Å²) in [7, 11) is 0. The van der Waals surface area contributed by atoms with Crippen LogP contribution >= 0.6 is 0 Å². The van der Waals surface area contributed by atoms with Crippen molar-refractivity contribution in [2.45, 2.75) is 142 Å². The smallest absolute Gasteiger partial charge is 0.272 e. The van der Waals surface area contributed by atoms with Crippen LogP contribution in [0.25, 0.3) is 0 Å². The van der Waals surface area contributed by atoms with E-state index in [2.05, 4.69) is 31.2 Å². The van der Waals surface area contributed by atoms with Crippen LogP contribution in [-0.2, 0) is 19.2 Å². The number of likely N-dealkylation sites (tertiary alicyclic amines) is 1. The highest BCUT2D eigenvalue weighted by Crippen LogP contribution is 2.43. The van der Waals surface area contributed by atoms with E-state index in [0.29, 0.717) is 13.0 Å². The molecule has 2 heterocycles. The van der Waals surface area contributed by atoms with E-state index < -0.39 is 41.3 Å². The zero-order valence-corrected chi connectivity index (χ0v) is 30.0. The fourth-order valence-electron chi connectivity index (χ4n) is 8.18. The van der Waals surface area contributed by atoms with Crippen molar-refractivity contribution in [3.8, 4) is 0 Å². The van der Waals surface area contributed by atoms with Crippen molar-refractivity contribution in [3.05, 3.63) is 24.3 Å². The summed E-state index contributed by atoms with van der Waals surface area (Å²) in [6.45, 7) is 10.1. The van der Waals surface area contributed by atoms with E-state index in [0.717, 1.165) is 70.6 Å². The predicted octanol–water partition coefficient (Wildman–Crippen LogP) is 3.51. The van der Waals surface area contributed by atoms with Gasteiger partial charge in [0.05, 0.1) is 12.1 Å². The van der Waals surface area contributed by atoms with Crippen molar-refractivity contribution < 1.29 is 24.0 Å². The summed E-state index contributed by atoms with van der Waals surface area (Å²) < 4.78 is 0. The normalized spacial score (nSPS) is 25.0. The van der Waals surface area contributed by atoms with E-state index in [-0.39, 0.29) is 53.3 Å². The fourth-order valence-corrected chi connectivity index (χ4v) is 8.18. The van der Waals surface area contributed by atoms with Crippen LogP contribution in [0.3, 0.4) is 0 Å². The molecule has 0 spiro atoms. The van der Waals surface area contributed by atoms with Gasteiger partial charge in [-0.25, -0.2) is 4.98 Å². The van der Waals surface area contributed by atoms with Crippen LogP contribution in [0.2, 0.25) is 0 Å². The predicted molar refractivity (Wildman–Crippen MR) is 185 cm³/mol. The zero-order chi connectivity index (χ0) is 35.3. The molecule has 0 radical (unpaired) electrons. The lowest BCUT2D eigenvalue weighted by molar-refractivity contribution is -0.145. The average molecular weight is 680 g/mol. The Hall–Kier alpha value is -3.57. The molecule has 0 aromatic carbocycles. The largest absolute Gasteiger partial charge is 0.353 e. The maximum Gasteiger partial charge on any atom is 0.272 e. The van der Waals surface area contributed by atoms with E-state index in [1.54, 1.807) is 4.90 Å². The van der Waals surface area contributed by atoms with Crippen molar-refractivity contribution in [2.24, 2.45) is 29.1 Å². The summed E-state index contributed by atoms with van der Waals surface area (Å²) in [6.07, 6.45) is 15.1. The van der Waals surface area contributed by atoms with E-state index in [9.17, 15) is 24.0 Å². The van der Waals surface area contributed by atoms with Gasteiger partial charge in [-0.15, -0.1) is 0 Å². The SMILES string of the molecule is CCCC(NC(=O)[C@@H]1C2CCCC2CN1C(=O)C(NC(=O)[C@@H](NC(=O)c1cnccn1)C1CCCCC1)C(C)(C)C)C(C)C(=O)NC1CC1. The molecule has 4 fully saturated rings. The second-order valence-electron chi connectivity index (χ2n) is 16.0. The van der Waals surface area contributed by atoms with Crippen LogP contribution in [-0.4, -0.2) is 81.2 Å². The van der Waals surface area contributed by atoms with Crippen molar-refractivity contribution in [3.63, 3.8) is 0 Å². The summed E-state index contributed by atoms with van der Waals surface area (Å²) in [5.74, 6) is -1.69. The first-order valence-electron chi connectivity index (χ1n) is 18.7. The molecule has 4 aliphatic rings. The van der Waals surface area contributed by atoms with E-state index in [1.165, 1.54) is 18.6 Å². The molecule has 5 rings (SSSR count). The van der Waals surface area contributed by atoms with Crippen molar-refractivity contribution in [1.29, 1.82) is 0 Å².